The number of nitrogens with zero attached hydrogens (tertiary/aromatic N) is 1. The lowest BCUT2D eigenvalue weighted by molar-refractivity contribution is -0.160. The van der Waals surface area contributed by atoms with Gasteiger partial charge < -0.3 is 20.1 Å². The van der Waals surface area contributed by atoms with Gasteiger partial charge in [0.1, 0.15) is 12.1 Å². The summed E-state index contributed by atoms with van der Waals surface area (Å²) in [6.45, 7) is 0.867. The molecule has 28 heavy (non-hydrogen) atoms. The number of ether oxygens (including phenoxy) is 1. The maximum absolute atomic E-state index is 13.6. The maximum atomic E-state index is 13.6. The average molecular weight is 392 g/mol. The van der Waals surface area contributed by atoms with Gasteiger partial charge in [-0.05, 0) is 69.1 Å². The third kappa shape index (κ3) is 3.53. The van der Waals surface area contributed by atoms with Crippen LogP contribution >= 0.6 is 0 Å². The number of hydrogen-bond donors (Lipinski definition) is 2. The van der Waals surface area contributed by atoms with Crippen LogP contribution in [0.3, 0.4) is 0 Å². The summed E-state index contributed by atoms with van der Waals surface area (Å²) < 4.78 is 4.95. The van der Waals surface area contributed by atoms with Crippen molar-refractivity contribution in [1.82, 2.24) is 10.2 Å². The number of methoxy groups -OCH3 is 1. The quantitative estimate of drug-likeness (QED) is 0.689. The molecule has 4 bridgehead atoms. The highest BCUT2D eigenvalue weighted by Crippen LogP contribution is 2.60. The number of carbonyl (C=O) groups is 3. The Bertz CT molecular complexity index is 613. The number of nitrogens with one attached hydrogen (secondary N) is 1. The van der Waals surface area contributed by atoms with Crippen molar-refractivity contribution in [3.05, 3.63) is 0 Å². The first-order valence-electron chi connectivity index (χ1n) is 10.7. The molecule has 0 aromatic heterocycles. The van der Waals surface area contributed by atoms with Gasteiger partial charge >= 0.3 is 5.97 Å². The predicted molar refractivity (Wildman–Crippen MR) is 101 cm³/mol. The van der Waals surface area contributed by atoms with Crippen LogP contribution in [0.5, 0.6) is 0 Å². The molecule has 0 radical (unpaired) electrons. The minimum atomic E-state index is -1.07. The first-order chi connectivity index (χ1) is 13.4. The van der Waals surface area contributed by atoms with E-state index in [1.165, 1.54) is 26.4 Å². The molecule has 2 unspecified atom stereocenters. The third-order valence-corrected chi connectivity index (χ3v) is 7.53. The second-order valence-electron chi connectivity index (χ2n) is 9.54. The number of hydrogen-bond acceptors (Lipinski definition) is 4. The fourth-order valence-corrected chi connectivity index (χ4v) is 6.72. The Morgan fingerprint density at radius 3 is 2.29 bits per heavy atom. The van der Waals surface area contributed by atoms with E-state index < -0.39 is 18.1 Å². The first-order valence-corrected chi connectivity index (χ1v) is 10.7. The Morgan fingerprint density at radius 1 is 1.14 bits per heavy atom. The summed E-state index contributed by atoms with van der Waals surface area (Å²) in [5, 5.41) is 12.0. The zero-order valence-electron chi connectivity index (χ0n) is 16.7. The summed E-state index contributed by atoms with van der Waals surface area (Å²) in [5.41, 5.74) is -0.264. The van der Waals surface area contributed by atoms with E-state index in [9.17, 15) is 19.5 Å². The lowest BCUT2D eigenvalue weighted by atomic mass is 9.49. The molecule has 1 heterocycles. The Labute approximate surface area is 166 Å². The smallest absolute Gasteiger partial charge is 0.326 e. The van der Waals surface area contributed by atoms with E-state index in [0.29, 0.717) is 30.7 Å². The zero-order valence-corrected chi connectivity index (χ0v) is 16.7. The summed E-state index contributed by atoms with van der Waals surface area (Å²) in [5.74, 6) is 0.788. The van der Waals surface area contributed by atoms with Crippen molar-refractivity contribution in [3.63, 3.8) is 0 Å². The number of likely N-dealkylation sites (tertiary alicyclic amines) is 1. The summed E-state index contributed by atoms with van der Waals surface area (Å²) in [6.07, 6.45) is 8.39. The molecule has 4 saturated carbocycles. The van der Waals surface area contributed by atoms with E-state index in [4.69, 9.17) is 4.74 Å². The normalized spacial score (nSPS) is 37.1. The molecule has 0 spiro atoms. The minimum absolute atomic E-state index is 0.160. The van der Waals surface area contributed by atoms with E-state index >= 15 is 0 Å². The molecule has 7 nitrogen and oxygen atoms in total. The van der Waals surface area contributed by atoms with Crippen LogP contribution in [0.25, 0.3) is 0 Å². The van der Waals surface area contributed by atoms with Crippen LogP contribution in [-0.4, -0.2) is 60.1 Å². The lowest BCUT2D eigenvalue weighted by Crippen LogP contribution is -2.58. The standard InChI is InChI=1S/C21H32N2O5/c1-28-6-4-16(19(25)26)22-18(24)17-3-2-5-23(17)20(27)21-10-13-7-14(11-21)9-15(8-13)12-21/h13-17H,2-12H2,1H3,(H,22,24)(H,25,26). The summed E-state index contributed by atoms with van der Waals surface area (Å²) in [7, 11) is 1.50. The van der Waals surface area contributed by atoms with E-state index in [1.54, 1.807) is 4.90 Å². The predicted octanol–water partition coefficient (Wildman–Crippen LogP) is 1.80. The van der Waals surface area contributed by atoms with Crippen molar-refractivity contribution in [1.29, 1.82) is 0 Å². The minimum Gasteiger partial charge on any atom is -0.480 e. The Morgan fingerprint density at radius 2 is 1.75 bits per heavy atom. The lowest BCUT2D eigenvalue weighted by Gasteiger charge is -2.56. The molecule has 2 amide bonds. The third-order valence-electron chi connectivity index (χ3n) is 7.53. The molecule has 0 aromatic carbocycles. The molecule has 1 aliphatic heterocycles. The monoisotopic (exact) mass is 392 g/mol. The second kappa shape index (κ2) is 7.65. The van der Waals surface area contributed by atoms with Crippen LogP contribution in [0.1, 0.15) is 57.8 Å². The molecule has 1 saturated heterocycles. The van der Waals surface area contributed by atoms with Gasteiger partial charge in [0.15, 0.2) is 0 Å². The second-order valence-corrected chi connectivity index (χ2v) is 9.54. The van der Waals surface area contributed by atoms with Gasteiger partial charge in [-0.15, -0.1) is 0 Å². The van der Waals surface area contributed by atoms with Gasteiger partial charge in [-0.3, -0.25) is 9.59 Å². The number of carboxylic acid groups (broad SMARTS) is 1. The molecule has 5 aliphatic rings. The van der Waals surface area contributed by atoms with Crippen LogP contribution < -0.4 is 5.32 Å². The number of amides is 2. The Balaban J connectivity index is 1.45. The molecule has 5 fully saturated rings. The Kier molecular flexibility index (Phi) is 5.38. The van der Waals surface area contributed by atoms with Crippen LogP contribution in [0.15, 0.2) is 0 Å². The van der Waals surface area contributed by atoms with Crippen LogP contribution in [0.4, 0.5) is 0 Å². The maximum Gasteiger partial charge on any atom is 0.326 e. The molecule has 156 valence electrons. The molecule has 5 rings (SSSR count). The molecule has 2 N–H and O–H groups in total. The van der Waals surface area contributed by atoms with Crippen LogP contribution in [-0.2, 0) is 19.1 Å². The highest BCUT2D eigenvalue weighted by Gasteiger charge is 2.56. The molecule has 2 atom stereocenters. The fraction of sp³-hybridized carbons (Fsp3) is 0.857. The number of carbonyl (C=O) groups excluding carboxylic acids is 2. The summed E-state index contributed by atoms with van der Waals surface area (Å²) in [4.78, 5) is 39.7. The van der Waals surface area contributed by atoms with Gasteiger partial charge in [-0.1, -0.05) is 0 Å². The molecule has 4 aliphatic carbocycles. The van der Waals surface area contributed by atoms with Crippen LogP contribution in [0.2, 0.25) is 0 Å². The van der Waals surface area contributed by atoms with Gasteiger partial charge in [-0.25, -0.2) is 4.79 Å². The number of carboxylic acids is 1. The molecule has 0 aromatic rings. The van der Waals surface area contributed by atoms with E-state index in [2.05, 4.69) is 5.32 Å². The van der Waals surface area contributed by atoms with E-state index in [0.717, 1.165) is 25.7 Å². The topological polar surface area (TPSA) is 95.9 Å². The van der Waals surface area contributed by atoms with Crippen molar-refractivity contribution in [2.75, 3.05) is 20.3 Å². The molecular formula is C21H32N2O5. The largest absolute Gasteiger partial charge is 0.480 e. The number of rotatable bonds is 7. The van der Waals surface area contributed by atoms with Crippen molar-refractivity contribution in [2.45, 2.75) is 69.9 Å². The van der Waals surface area contributed by atoms with Gasteiger partial charge in [0.05, 0.1) is 5.41 Å². The van der Waals surface area contributed by atoms with Crippen LogP contribution in [0, 0.1) is 23.2 Å². The van der Waals surface area contributed by atoms with Crippen molar-refractivity contribution >= 4 is 17.8 Å². The van der Waals surface area contributed by atoms with Gasteiger partial charge in [-0.2, -0.15) is 0 Å². The van der Waals surface area contributed by atoms with E-state index in [-0.39, 0.29) is 30.3 Å². The van der Waals surface area contributed by atoms with Crippen molar-refractivity contribution in [3.8, 4) is 0 Å². The number of aliphatic carboxylic acids is 1. The summed E-state index contributed by atoms with van der Waals surface area (Å²) >= 11 is 0. The van der Waals surface area contributed by atoms with Crippen molar-refractivity contribution in [2.24, 2.45) is 23.2 Å². The highest BCUT2D eigenvalue weighted by atomic mass is 16.5. The fourth-order valence-electron chi connectivity index (χ4n) is 6.72. The Hall–Kier alpha value is -1.63. The zero-order chi connectivity index (χ0) is 19.9. The van der Waals surface area contributed by atoms with E-state index in [1.807, 2.05) is 0 Å². The van der Waals surface area contributed by atoms with Gasteiger partial charge in [0.25, 0.3) is 0 Å². The summed E-state index contributed by atoms with van der Waals surface area (Å²) in [6, 6.07) is -1.52. The average Bonchev–Trinajstić information content (AvgIpc) is 3.12. The molecular weight excluding hydrogens is 360 g/mol. The van der Waals surface area contributed by atoms with Gasteiger partial charge in [0.2, 0.25) is 11.8 Å². The first kappa shape index (κ1) is 19.7. The molecule has 7 heteroatoms. The SMILES string of the molecule is COCCC(NC(=O)C1CCCN1C(=O)C12CC3CC(CC(C3)C1)C2)C(=O)O. The highest BCUT2D eigenvalue weighted by molar-refractivity contribution is 5.92. The van der Waals surface area contributed by atoms with Crippen molar-refractivity contribution < 1.29 is 24.2 Å². The van der Waals surface area contributed by atoms with Gasteiger partial charge in [0, 0.05) is 26.7 Å².